The van der Waals surface area contributed by atoms with E-state index in [9.17, 15) is 15.3 Å². The highest BCUT2D eigenvalue weighted by Crippen LogP contribution is 2.35. The molecule has 3 heteroatoms. The summed E-state index contributed by atoms with van der Waals surface area (Å²) >= 11 is 0. The van der Waals surface area contributed by atoms with Crippen molar-refractivity contribution in [3.63, 3.8) is 0 Å². The lowest BCUT2D eigenvalue weighted by atomic mass is 9.92. The van der Waals surface area contributed by atoms with E-state index in [1.165, 1.54) is 12.1 Å². The van der Waals surface area contributed by atoms with Gasteiger partial charge in [-0.1, -0.05) is 19.9 Å². The number of aromatic hydroxyl groups is 3. The molecule has 0 atom stereocenters. The summed E-state index contributed by atoms with van der Waals surface area (Å²) < 4.78 is 0. The second kappa shape index (κ2) is 5.22. The zero-order valence-electron chi connectivity index (χ0n) is 11.1. The van der Waals surface area contributed by atoms with E-state index in [1.54, 1.807) is 18.2 Å². The molecule has 3 N–H and O–H groups in total. The third kappa shape index (κ3) is 2.50. The van der Waals surface area contributed by atoms with Crippen molar-refractivity contribution in [2.24, 2.45) is 0 Å². The predicted octanol–water partition coefficient (Wildman–Crippen LogP) is 3.60. The summed E-state index contributed by atoms with van der Waals surface area (Å²) in [7, 11) is 0. The number of hydrogen-bond donors (Lipinski definition) is 3. The van der Waals surface area contributed by atoms with Gasteiger partial charge >= 0.3 is 0 Å². The topological polar surface area (TPSA) is 60.7 Å². The fourth-order valence-electron chi connectivity index (χ4n) is 2.40. The lowest BCUT2D eigenvalue weighted by Gasteiger charge is -2.14. The molecule has 2 rings (SSSR count). The first-order valence-corrected chi connectivity index (χ1v) is 6.43. The van der Waals surface area contributed by atoms with Gasteiger partial charge in [0.15, 0.2) is 11.5 Å². The Morgan fingerprint density at radius 2 is 1.58 bits per heavy atom. The molecule has 2 aromatic carbocycles. The van der Waals surface area contributed by atoms with Gasteiger partial charge in [-0.2, -0.15) is 0 Å². The first kappa shape index (κ1) is 13.3. The molecule has 0 aliphatic carbocycles. The average molecular weight is 258 g/mol. The molecule has 0 aromatic heterocycles. The molecule has 100 valence electrons. The minimum absolute atomic E-state index is 0.141. The van der Waals surface area contributed by atoms with Gasteiger partial charge in [0.2, 0.25) is 0 Å². The Balaban J connectivity index is 2.66. The Morgan fingerprint density at radius 3 is 2.16 bits per heavy atom. The summed E-state index contributed by atoms with van der Waals surface area (Å²) in [5.74, 6) is -0.0739. The van der Waals surface area contributed by atoms with Crippen LogP contribution >= 0.6 is 0 Å². The second-order valence-corrected chi connectivity index (χ2v) is 4.54. The van der Waals surface area contributed by atoms with Crippen molar-refractivity contribution in [2.45, 2.75) is 26.7 Å². The number of hydrogen-bond acceptors (Lipinski definition) is 3. The molecule has 0 unspecified atom stereocenters. The van der Waals surface area contributed by atoms with Crippen molar-refractivity contribution >= 4 is 0 Å². The normalized spacial score (nSPS) is 10.6. The second-order valence-electron chi connectivity index (χ2n) is 4.54. The molecule has 0 spiro atoms. The van der Waals surface area contributed by atoms with Crippen LogP contribution in [-0.4, -0.2) is 15.3 Å². The van der Waals surface area contributed by atoms with Crippen molar-refractivity contribution in [1.82, 2.24) is 0 Å². The average Bonchev–Trinajstić information content (AvgIpc) is 2.40. The van der Waals surface area contributed by atoms with Crippen LogP contribution in [0.3, 0.4) is 0 Å². The summed E-state index contributed by atoms with van der Waals surface area (Å²) in [5, 5.41) is 28.8. The summed E-state index contributed by atoms with van der Waals surface area (Å²) in [4.78, 5) is 0. The molecule has 19 heavy (non-hydrogen) atoms. The maximum absolute atomic E-state index is 9.82. The van der Waals surface area contributed by atoms with E-state index in [-0.39, 0.29) is 17.2 Å². The van der Waals surface area contributed by atoms with Gasteiger partial charge in [-0.15, -0.1) is 0 Å². The maximum Gasteiger partial charge on any atom is 0.158 e. The highest BCUT2D eigenvalue weighted by molar-refractivity contribution is 5.72. The molecule has 0 heterocycles. The number of phenols is 3. The van der Waals surface area contributed by atoms with Crippen LogP contribution in [0.15, 0.2) is 30.3 Å². The van der Waals surface area contributed by atoms with Gasteiger partial charge in [0.25, 0.3) is 0 Å². The van der Waals surface area contributed by atoms with Gasteiger partial charge in [-0.05, 0) is 59.4 Å². The highest BCUT2D eigenvalue weighted by atomic mass is 16.3. The Bertz CT molecular complexity index is 603. The van der Waals surface area contributed by atoms with E-state index in [0.717, 1.165) is 35.1 Å². The van der Waals surface area contributed by atoms with Gasteiger partial charge in [0.05, 0.1) is 0 Å². The van der Waals surface area contributed by atoms with Crippen LogP contribution in [0.5, 0.6) is 17.2 Å². The van der Waals surface area contributed by atoms with Crippen molar-refractivity contribution in [3.05, 3.63) is 41.5 Å². The largest absolute Gasteiger partial charge is 0.508 e. The molecule has 0 bridgehead atoms. The van der Waals surface area contributed by atoms with Gasteiger partial charge in [0.1, 0.15) is 5.75 Å². The van der Waals surface area contributed by atoms with Crippen molar-refractivity contribution < 1.29 is 15.3 Å². The zero-order chi connectivity index (χ0) is 14.0. The first-order chi connectivity index (χ1) is 9.06. The fourth-order valence-corrected chi connectivity index (χ4v) is 2.40. The minimum Gasteiger partial charge on any atom is -0.508 e. The van der Waals surface area contributed by atoms with Gasteiger partial charge in [-0.3, -0.25) is 0 Å². The third-order valence-electron chi connectivity index (χ3n) is 3.35. The summed E-state index contributed by atoms with van der Waals surface area (Å²) in [6, 6.07) is 8.19. The zero-order valence-corrected chi connectivity index (χ0v) is 11.1. The van der Waals surface area contributed by atoms with Crippen molar-refractivity contribution in [3.8, 4) is 28.4 Å². The molecule has 0 amide bonds. The van der Waals surface area contributed by atoms with Crippen LogP contribution in [0.25, 0.3) is 11.1 Å². The molecule has 0 aliphatic rings. The third-order valence-corrected chi connectivity index (χ3v) is 3.35. The molecule has 0 radical (unpaired) electrons. The summed E-state index contributed by atoms with van der Waals surface area (Å²) in [6.07, 6.45) is 1.69. The van der Waals surface area contributed by atoms with Crippen LogP contribution in [-0.2, 0) is 12.8 Å². The molecule has 0 saturated carbocycles. The van der Waals surface area contributed by atoms with Crippen LogP contribution in [0, 0.1) is 0 Å². The minimum atomic E-state index is -0.152. The highest BCUT2D eigenvalue weighted by Gasteiger charge is 2.11. The van der Waals surface area contributed by atoms with Gasteiger partial charge < -0.3 is 15.3 Å². The Labute approximate surface area is 112 Å². The van der Waals surface area contributed by atoms with E-state index in [1.807, 2.05) is 6.92 Å². The monoisotopic (exact) mass is 258 g/mol. The van der Waals surface area contributed by atoms with Crippen LogP contribution in [0.4, 0.5) is 0 Å². The number of phenolic OH excluding ortho intramolecular Hbond substituents is 3. The van der Waals surface area contributed by atoms with E-state index in [2.05, 4.69) is 6.92 Å². The lowest BCUT2D eigenvalue weighted by molar-refractivity contribution is 0.404. The molecule has 3 nitrogen and oxygen atoms in total. The SMILES string of the molecule is CCc1cc(O)cc(-c2ccc(O)c(O)c2)c1CC. The number of aryl methyl sites for hydroxylation is 1. The predicted molar refractivity (Wildman–Crippen MR) is 75.6 cm³/mol. The van der Waals surface area contributed by atoms with Gasteiger partial charge in [0, 0.05) is 0 Å². The maximum atomic E-state index is 9.82. The van der Waals surface area contributed by atoms with Crippen LogP contribution < -0.4 is 0 Å². The first-order valence-electron chi connectivity index (χ1n) is 6.43. The Kier molecular flexibility index (Phi) is 3.65. The molecule has 0 aliphatic heterocycles. The van der Waals surface area contributed by atoms with E-state index in [0.29, 0.717) is 0 Å². The Hall–Kier alpha value is -2.16. The summed E-state index contributed by atoms with van der Waals surface area (Å²) in [6.45, 7) is 4.11. The Morgan fingerprint density at radius 1 is 0.842 bits per heavy atom. The van der Waals surface area contributed by atoms with E-state index in [4.69, 9.17) is 0 Å². The quantitative estimate of drug-likeness (QED) is 0.737. The molecular weight excluding hydrogens is 240 g/mol. The van der Waals surface area contributed by atoms with E-state index >= 15 is 0 Å². The van der Waals surface area contributed by atoms with Crippen molar-refractivity contribution in [2.75, 3.05) is 0 Å². The number of benzene rings is 2. The van der Waals surface area contributed by atoms with Crippen molar-refractivity contribution in [1.29, 1.82) is 0 Å². The smallest absolute Gasteiger partial charge is 0.158 e. The van der Waals surface area contributed by atoms with Crippen LogP contribution in [0.1, 0.15) is 25.0 Å². The van der Waals surface area contributed by atoms with Gasteiger partial charge in [-0.25, -0.2) is 0 Å². The lowest BCUT2D eigenvalue weighted by Crippen LogP contribution is -1.95. The molecule has 2 aromatic rings. The molecule has 0 saturated heterocycles. The number of rotatable bonds is 3. The molecular formula is C16H18O3. The standard InChI is InChI=1S/C16H18O3/c1-3-10-7-12(17)9-14(13(10)4-2)11-5-6-15(18)16(19)8-11/h5-9,17-19H,3-4H2,1-2H3. The fraction of sp³-hybridized carbons (Fsp3) is 0.250. The summed E-state index contributed by atoms with van der Waals surface area (Å²) in [5.41, 5.74) is 3.95. The van der Waals surface area contributed by atoms with E-state index < -0.39 is 0 Å². The van der Waals surface area contributed by atoms with Crippen LogP contribution in [0.2, 0.25) is 0 Å². The molecule has 0 fully saturated rings.